The van der Waals surface area contributed by atoms with Gasteiger partial charge in [0.2, 0.25) is 5.91 Å². The Morgan fingerprint density at radius 1 is 1.65 bits per heavy atom. The largest absolute Gasteiger partial charge is 0.392 e. The van der Waals surface area contributed by atoms with Gasteiger partial charge in [-0.15, -0.1) is 11.3 Å². The second kappa shape index (κ2) is 5.93. The van der Waals surface area contributed by atoms with Gasteiger partial charge in [-0.25, -0.2) is 0 Å². The van der Waals surface area contributed by atoms with Crippen molar-refractivity contribution in [3.8, 4) is 0 Å². The molecule has 1 atom stereocenters. The third kappa shape index (κ3) is 3.50. The van der Waals surface area contributed by atoms with Crippen molar-refractivity contribution in [2.45, 2.75) is 26.8 Å². The number of nitrogens with two attached hydrogens (primary N) is 1. The van der Waals surface area contributed by atoms with E-state index in [0.717, 1.165) is 8.66 Å². The molecule has 6 heteroatoms. The first-order chi connectivity index (χ1) is 7.90. The average Bonchev–Trinajstić information content (AvgIpc) is 2.70. The van der Waals surface area contributed by atoms with Gasteiger partial charge in [-0.1, -0.05) is 19.1 Å². The quantitative estimate of drug-likeness (QED) is 0.814. The van der Waals surface area contributed by atoms with Crippen molar-refractivity contribution in [3.63, 3.8) is 0 Å². The molecule has 1 aromatic heterocycles. The molecular weight excluding hydrogens is 320 g/mol. The van der Waals surface area contributed by atoms with Crippen LogP contribution in [0.4, 0.5) is 0 Å². The molecule has 0 spiro atoms. The highest BCUT2D eigenvalue weighted by Gasteiger charge is 2.34. The van der Waals surface area contributed by atoms with E-state index in [4.69, 9.17) is 18.0 Å². The van der Waals surface area contributed by atoms with Crippen LogP contribution in [0.25, 0.3) is 0 Å². The molecule has 0 bridgehead atoms. The molecule has 3 nitrogen and oxygen atoms in total. The van der Waals surface area contributed by atoms with Gasteiger partial charge in [0.15, 0.2) is 0 Å². The van der Waals surface area contributed by atoms with E-state index >= 15 is 0 Å². The van der Waals surface area contributed by atoms with Gasteiger partial charge in [-0.2, -0.15) is 0 Å². The van der Waals surface area contributed by atoms with Crippen molar-refractivity contribution in [2.24, 2.45) is 11.1 Å². The number of hydrogen-bond acceptors (Lipinski definition) is 3. The molecule has 0 aromatic carbocycles. The number of thiophene rings is 1. The Balaban J connectivity index is 2.63. The normalized spacial score (nSPS) is 14.1. The van der Waals surface area contributed by atoms with Crippen LogP contribution in [0.5, 0.6) is 0 Å². The molecule has 1 aromatic rings. The zero-order chi connectivity index (χ0) is 13.1. The minimum absolute atomic E-state index is 0.114. The lowest BCUT2D eigenvalue weighted by Gasteiger charge is -2.25. The van der Waals surface area contributed by atoms with Gasteiger partial charge in [0.1, 0.15) is 0 Å². The van der Waals surface area contributed by atoms with Gasteiger partial charge in [0.05, 0.1) is 20.7 Å². The van der Waals surface area contributed by atoms with Crippen molar-refractivity contribution in [2.75, 3.05) is 0 Å². The number of thiocarbonyl (C=S) groups is 1. The molecule has 0 aliphatic heterocycles. The molecule has 1 unspecified atom stereocenters. The maximum absolute atomic E-state index is 12.0. The van der Waals surface area contributed by atoms with Crippen LogP contribution in [-0.2, 0) is 11.3 Å². The summed E-state index contributed by atoms with van der Waals surface area (Å²) in [5.74, 6) is -0.114. The van der Waals surface area contributed by atoms with Gasteiger partial charge in [0.25, 0.3) is 0 Å². The van der Waals surface area contributed by atoms with E-state index in [9.17, 15) is 4.79 Å². The average molecular weight is 335 g/mol. The third-order valence-electron chi connectivity index (χ3n) is 2.80. The Kier molecular flexibility index (Phi) is 5.09. The highest BCUT2D eigenvalue weighted by molar-refractivity contribution is 9.11. The first-order valence-corrected chi connectivity index (χ1v) is 7.24. The topological polar surface area (TPSA) is 55.1 Å². The predicted octanol–water partition coefficient (Wildman–Crippen LogP) is 2.83. The van der Waals surface area contributed by atoms with Crippen molar-refractivity contribution in [1.29, 1.82) is 0 Å². The van der Waals surface area contributed by atoms with Gasteiger partial charge in [-0.3, -0.25) is 4.79 Å². The van der Waals surface area contributed by atoms with E-state index < -0.39 is 5.41 Å². The van der Waals surface area contributed by atoms with Crippen molar-refractivity contribution in [1.82, 2.24) is 5.32 Å². The minimum Gasteiger partial charge on any atom is -0.392 e. The summed E-state index contributed by atoms with van der Waals surface area (Å²) in [6, 6.07) is 3.93. The SMILES string of the molecule is CCC(C)(C(=O)NCc1ccc(Br)s1)C(N)=S. The van der Waals surface area contributed by atoms with Crippen molar-refractivity contribution < 1.29 is 4.79 Å². The Morgan fingerprint density at radius 2 is 2.29 bits per heavy atom. The highest BCUT2D eigenvalue weighted by atomic mass is 79.9. The maximum atomic E-state index is 12.0. The van der Waals surface area contributed by atoms with E-state index in [-0.39, 0.29) is 10.9 Å². The lowest BCUT2D eigenvalue weighted by Crippen LogP contribution is -2.46. The molecule has 0 aliphatic rings. The molecule has 1 heterocycles. The molecular formula is C11H15BrN2OS2. The fourth-order valence-electron chi connectivity index (χ4n) is 1.26. The van der Waals surface area contributed by atoms with Gasteiger partial charge in [-0.05, 0) is 41.4 Å². The van der Waals surface area contributed by atoms with E-state index in [1.807, 2.05) is 19.1 Å². The van der Waals surface area contributed by atoms with Crippen molar-refractivity contribution >= 4 is 50.4 Å². The lowest BCUT2D eigenvalue weighted by atomic mass is 9.86. The smallest absolute Gasteiger partial charge is 0.233 e. The van der Waals surface area contributed by atoms with Crippen LogP contribution in [0.2, 0.25) is 0 Å². The summed E-state index contributed by atoms with van der Waals surface area (Å²) >= 11 is 9.93. The third-order valence-corrected chi connectivity index (χ3v) is 4.88. The van der Waals surface area contributed by atoms with Gasteiger partial charge in [0, 0.05) is 4.88 Å². The molecule has 94 valence electrons. The maximum Gasteiger partial charge on any atom is 0.233 e. The standard InChI is InChI=1S/C11H15BrN2OS2/c1-3-11(2,9(13)16)10(15)14-6-7-4-5-8(12)17-7/h4-5H,3,6H2,1-2H3,(H2,13,16)(H,14,15). The van der Waals surface area contributed by atoms with E-state index in [0.29, 0.717) is 13.0 Å². The highest BCUT2D eigenvalue weighted by Crippen LogP contribution is 2.24. The Bertz CT molecular complexity index is 433. The van der Waals surface area contributed by atoms with Crippen LogP contribution < -0.4 is 11.1 Å². The lowest BCUT2D eigenvalue weighted by molar-refractivity contribution is -0.127. The fourth-order valence-corrected chi connectivity index (χ4v) is 2.92. The predicted molar refractivity (Wildman–Crippen MR) is 79.0 cm³/mol. The van der Waals surface area contributed by atoms with E-state index in [1.165, 1.54) is 0 Å². The molecule has 1 amide bonds. The summed E-state index contributed by atoms with van der Waals surface area (Å²) in [5, 5.41) is 2.87. The van der Waals surface area contributed by atoms with Gasteiger partial charge < -0.3 is 11.1 Å². The fraction of sp³-hybridized carbons (Fsp3) is 0.455. The van der Waals surface area contributed by atoms with E-state index in [1.54, 1.807) is 18.3 Å². The molecule has 0 saturated carbocycles. The summed E-state index contributed by atoms with van der Waals surface area (Å²) in [6.45, 7) is 4.18. The summed E-state index contributed by atoms with van der Waals surface area (Å²) in [5.41, 5.74) is 4.86. The Labute approximate surface area is 119 Å². The minimum atomic E-state index is -0.760. The number of nitrogens with one attached hydrogen (secondary N) is 1. The van der Waals surface area contributed by atoms with Crippen LogP contribution >= 0.6 is 39.5 Å². The molecule has 0 saturated heterocycles. The van der Waals surface area contributed by atoms with E-state index in [2.05, 4.69) is 21.2 Å². The van der Waals surface area contributed by atoms with Crippen LogP contribution in [0.3, 0.4) is 0 Å². The second-order valence-corrected chi connectivity index (χ2v) is 6.93. The summed E-state index contributed by atoms with van der Waals surface area (Å²) < 4.78 is 1.05. The first kappa shape index (κ1) is 14.6. The van der Waals surface area contributed by atoms with Crippen LogP contribution in [0.1, 0.15) is 25.1 Å². The summed E-state index contributed by atoms with van der Waals surface area (Å²) in [7, 11) is 0. The van der Waals surface area contributed by atoms with Crippen LogP contribution in [0, 0.1) is 5.41 Å². The molecule has 0 radical (unpaired) electrons. The number of amides is 1. The second-order valence-electron chi connectivity index (χ2n) is 3.94. The number of halogens is 1. The van der Waals surface area contributed by atoms with Crippen molar-refractivity contribution in [3.05, 3.63) is 20.8 Å². The number of carbonyl (C=O) groups excluding carboxylic acids is 1. The zero-order valence-electron chi connectivity index (χ0n) is 9.75. The molecule has 17 heavy (non-hydrogen) atoms. The van der Waals surface area contributed by atoms with Gasteiger partial charge >= 0.3 is 0 Å². The molecule has 0 aliphatic carbocycles. The summed E-state index contributed by atoms with van der Waals surface area (Å²) in [4.78, 5) is 13.4. The number of carbonyl (C=O) groups is 1. The molecule has 3 N–H and O–H groups in total. The number of hydrogen-bond donors (Lipinski definition) is 2. The number of rotatable bonds is 5. The first-order valence-electron chi connectivity index (χ1n) is 5.22. The monoisotopic (exact) mass is 334 g/mol. The summed E-state index contributed by atoms with van der Waals surface area (Å²) in [6.07, 6.45) is 0.600. The molecule has 0 fully saturated rings. The Hall–Kier alpha value is -0.460. The zero-order valence-corrected chi connectivity index (χ0v) is 13.0. The Morgan fingerprint density at radius 3 is 2.71 bits per heavy atom. The van der Waals surface area contributed by atoms with Crippen LogP contribution in [-0.4, -0.2) is 10.9 Å². The molecule has 1 rings (SSSR count). The van der Waals surface area contributed by atoms with Crippen LogP contribution in [0.15, 0.2) is 15.9 Å².